The summed E-state index contributed by atoms with van der Waals surface area (Å²) in [4.78, 5) is 21.6. The van der Waals surface area contributed by atoms with Crippen molar-refractivity contribution in [2.24, 2.45) is 0 Å². The zero-order valence-electron chi connectivity index (χ0n) is 18.7. The lowest BCUT2D eigenvalue weighted by Gasteiger charge is -2.26. The Morgan fingerprint density at radius 1 is 1.16 bits per heavy atom. The minimum absolute atomic E-state index is 0.163. The maximum absolute atomic E-state index is 12.9. The Kier molecular flexibility index (Phi) is 7.19. The molecule has 1 saturated heterocycles. The van der Waals surface area contributed by atoms with Crippen LogP contribution in [0.15, 0.2) is 54.7 Å². The molecule has 7 heteroatoms. The van der Waals surface area contributed by atoms with Crippen LogP contribution in [0.5, 0.6) is 5.75 Å². The second-order valence-corrected chi connectivity index (χ2v) is 7.83. The largest absolute Gasteiger partial charge is 0.492 e. The van der Waals surface area contributed by atoms with Gasteiger partial charge in [-0.3, -0.25) is 9.69 Å². The van der Waals surface area contributed by atoms with Gasteiger partial charge in [-0.05, 0) is 31.2 Å². The van der Waals surface area contributed by atoms with Gasteiger partial charge in [0.05, 0.1) is 13.2 Å². The molecule has 0 spiro atoms. The van der Waals surface area contributed by atoms with E-state index in [4.69, 9.17) is 9.47 Å². The molecule has 0 aliphatic carbocycles. The molecule has 3 aromatic rings. The number of benzene rings is 2. The number of hydrogen-bond donors (Lipinski definition) is 1. The van der Waals surface area contributed by atoms with E-state index < -0.39 is 0 Å². The van der Waals surface area contributed by atoms with Gasteiger partial charge in [-0.2, -0.15) is 0 Å². The molecule has 2 heterocycles. The monoisotopic (exact) mass is 434 g/mol. The molecular formula is C25H30N4O3. The predicted octanol–water partition coefficient (Wildman–Crippen LogP) is 3.65. The first kappa shape index (κ1) is 22.0. The van der Waals surface area contributed by atoms with E-state index in [1.165, 1.54) is 0 Å². The van der Waals surface area contributed by atoms with Gasteiger partial charge in [-0.25, -0.2) is 4.98 Å². The Labute approximate surface area is 188 Å². The topological polar surface area (TPSA) is 66.9 Å². The highest BCUT2D eigenvalue weighted by molar-refractivity contribution is 6.10. The number of carbonyl (C=O) groups excluding carboxylic acids is 1. The summed E-state index contributed by atoms with van der Waals surface area (Å²) in [5.74, 6) is 1.43. The van der Waals surface area contributed by atoms with E-state index in [0.29, 0.717) is 12.2 Å². The van der Waals surface area contributed by atoms with Crippen molar-refractivity contribution >= 4 is 28.2 Å². The van der Waals surface area contributed by atoms with Crippen molar-refractivity contribution in [3.8, 4) is 5.75 Å². The van der Waals surface area contributed by atoms with Crippen LogP contribution >= 0.6 is 0 Å². The number of rotatable bonds is 8. The number of pyridine rings is 1. The number of morpholine rings is 1. The molecule has 1 amide bonds. The highest BCUT2D eigenvalue weighted by Gasteiger charge is 2.14. The molecule has 4 rings (SSSR count). The van der Waals surface area contributed by atoms with Gasteiger partial charge in [-0.1, -0.05) is 24.3 Å². The fraction of sp³-hybridized carbons (Fsp3) is 0.360. The number of aromatic nitrogens is 1. The number of fused-ring (bicyclic) bond motifs is 1. The summed E-state index contributed by atoms with van der Waals surface area (Å²) in [6.45, 7) is 7.80. The van der Waals surface area contributed by atoms with Crippen molar-refractivity contribution in [3.05, 3.63) is 60.3 Å². The Hall–Kier alpha value is -3.16. The van der Waals surface area contributed by atoms with E-state index in [2.05, 4.69) is 15.2 Å². The van der Waals surface area contributed by atoms with Crippen LogP contribution in [0.3, 0.4) is 0 Å². The van der Waals surface area contributed by atoms with Gasteiger partial charge in [0.15, 0.2) is 0 Å². The molecule has 0 unspecified atom stereocenters. The van der Waals surface area contributed by atoms with Gasteiger partial charge in [-0.15, -0.1) is 0 Å². The first-order valence-corrected chi connectivity index (χ1v) is 11.1. The number of amides is 1. The summed E-state index contributed by atoms with van der Waals surface area (Å²) in [5, 5.41) is 4.99. The third kappa shape index (κ3) is 5.18. The third-order valence-corrected chi connectivity index (χ3v) is 5.77. The average molecular weight is 435 g/mol. The van der Waals surface area contributed by atoms with Crippen molar-refractivity contribution in [3.63, 3.8) is 0 Å². The molecule has 168 valence electrons. The van der Waals surface area contributed by atoms with E-state index in [1.807, 2.05) is 61.3 Å². The van der Waals surface area contributed by atoms with E-state index in [0.717, 1.165) is 67.4 Å². The molecule has 0 atom stereocenters. The Morgan fingerprint density at radius 3 is 2.72 bits per heavy atom. The lowest BCUT2D eigenvalue weighted by molar-refractivity contribution is 0.0323. The Balaban J connectivity index is 1.49. The number of hydrogen-bond acceptors (Lipinski definition) is 6. The molecular weight excluding hydrogens is 404 g/mol. The van der Waals surface area contributed by atoms with Crippen LogP contribution < -0.4 is 15.0 Å². The highest BCUT2D eigenvalue weighted by Crippen LogP contribution is 2.32. The van der Waals surface area contributed by atoms with E-state index in [-0.39, 0.29) is 5.91 Å². The standard InChI is InChI=1S/C25H30N4O3/c1-3-28(2)24-18-19(10-11-26-24)25(30)27-22-8-9-23(21-7-5-4-6-20(21)22)32-17-14-29-12-15-31-16-13-29/h4-11,18H,3,12-17H2,1-2H3,(H,27,30). The molecule has 2 aromatic carbocycles. The van der Waals surface area contributed by atoms with Gasteiger partial charge in [0, 0.05) is 61.4 Å². The summed E-state index contributed by atoms with van der Waals surface area (Å²) >= 11 is 0. The number of nitrogens with zero attached hydrogens (tertiary/aromatic N) is 3. The minimum Gasteiger partial charge on any atom is -0.492 e. The molecule has 1 fully saturated rings. The van der Waals surface area contributed by atoms with Crippen molar-refractivity contribution in [1.82, 2.24) is 9.88 Å². The Morgan fingerprint density at radius 2 is 1.94 bits per heavy atom. The second-order valence-electron chi connectivity index (χ2n) is 7.83. The third-order valence-electron chi connectivity index (χ3n) is 5.77. The second kappa shape index (κ2) is 10.4. The van der Waals surface area contributed by atoms with Crippen molar-refractivity contribution < 1.29 is 14.3 Å². The fourth-order valence-corrected chi connectivity index (χ4v) is 3.74. The smallest absolute Gasteiger partial charge is 0.255 e. The summed E-state index contributed by atoms with van der Waals surface area (Å²) < 4.78 is 11.5. The highest BCUT2D eigenvalue weighted by atomic mass is 16.5. The molecule has 0 radical (unpaired) electrons. The number of anilines is 2. The molecule has 0 bridgehead atoms. The van der Waals surface area contributed by atoms with Crippen LogP contribution in [-0.4, -0.2) is 68.8 Å². The number of carbonyl (C=O) groups is 1. The van der Waals surface area contributed by atoms with Gasteiger partial charge in [0.2, 0.25) is 0 Å². The molecule has 1 N–H and O–H groups in total. The average Bonchev–Trinajstić information content (AvgIpc) is 2.85. The lowest BCUT2D eigenvalue weighted by Crippen LogP contribution is -2.38. The lowest BCUT2D eigenvalue weighted by atomic mass is 10.1. The van der Waals surface area contributed by atoms with Crippen LogP contribution in [-0.2, 0) is 4.74 Å². The molecule has 0 saturated carbocycles. The van der Waals surface area contributed by atoms with E-state index in [1.54, 1.807) is 12.3 Å². The maximum atomic E-state index is 12.9. The maximum Gasteiger partial charge on any atom is 0.255 e. The first-order chi connectivity index (χ1) is 15.7. The number of nitrogens with one attached hydrogen (secondary N) is 1. The van der Waals surface area contributed by atoms with Crippen LogP contribution in [0.4, 0.5) is 11.5 Å². The Bertz CT molecular complexity index is 1070. The number of ether oxygens (including phenoxy) is 2. The predicted molar refractivity (Wildman–Crippen MR) is 128 cm³/mol. The zero-order valence-corrected chi connectivity index (χ0v) is 18.7. The quantitative estimate of drug-likeness (QED) is 0.584. The van der Waals surface area contributed by atoms with Gasteiger partial charge in [0.25, 0.3) is 5.91 Å². The summed E-state index contributed by atoms with van der Waals surface area (Å²) in [7, 11) is 1.95. The molecule has 1 aliphatic heterocycles. The van der Waals surface area contributed by atoms with Crippen molar-refractivity contribution in [2.45, 2.75) is 6.92 Å². The minimum atomic E-state index is -0.163. The molecule has 1 aliphatic rings. The summed E-state index contributed by atoms with van der Waals surface area (Å²) in [6.07, 6.45) is 1.67. The van der Waals surface area contributed by atoms with Gasteiger partial charge in [0.1, 0.15) is 18.2 Å². The van der Waals surface area contributed by atoms with E-state index >= 15 is 0 Å². The van der Waals surface area contributed by atoms with Crippen LogP contribution in [0.1, 0.15) is 17.3 Å². The molecule has 1 aromatic heterocycles. The van der Waals surface area contributed by atoms with Crippen molar-refractivity contribution in [1.29, 1.82) is 0 Å². The SMILES string of the molecule is CCN(C)c1cc(C(=O)Nc2ccc(OCCN3CCOCC3)c3ccccc23)ccn1. The van der Waals surface area contributed by atoms with Crippen LogP contribution in [0.2, 0.25) is 0 Å². The summed E-state index contributed by atoms with van der Waals surface area (Å²) in [5.41, 5.74) is 1.33. The zero-order chi connectivity index (χ0) is 22.3. The van der Waals surface area contributed by atoms with Crippen molar-refractivity contribution in [2.75, 3.05) is 63.3 Å². The first-order valence-electron chi connectivity index (χ1n) is 11.1. The van der Waals surface area contributed by atoms with E-state index in [9.17, 15) is 4.79 Å². The van der Waals surface area contributed by atoms with Crippen LogP contribution in [0.25, 0.3) is 10.8 Å². The van der Waals surface area contributed by atoms with Gasteiger partial charge >= 0.3 is 0 Å². The fourth-order valence-electron chi connectivity index (χ4n) is 3.74. The van der Waals surface area contributed by atoms with Crippen LogP contribution in [0, 0.1) is 0 Å². The summed E-state index contributed by atoms with van der Waals surface area (Å²) in [6, 6.07) is 15.4. The normalized spacial score (nSPS) is 14.3. The van der Waals surface area contributed by atoms with Gasteiger partial charge < -0.3 is 19.7 Å². The molecule has 32 heavy (non-hydrogen) atoms. The molecule has 7 nitrogen and oxygen atoms in total.